The molecule has 0 spiro atoms. The lowest BCUT2D eigenvalue weighted by atomic mass is 9.98. The Morgan fingerprint density at radius 1 is 1.28 bits per heavy atom. The molecule has 1 saturated heterocycles. The highest BCUT2D eigenvalue weighted by Gasteiger charge is 2.29. The van der Waals surface area contributed by atoms with Gasteiger partial charge >= 0.3 is 5.97 Å². The first-order valence-electron chi connectivity index (χ1n) is 8.05. The van der Waals surface area contributed by atoms with Crippen LogP contribution >= 0.6 is 11.3 Å². The predicted molar refractivity (Wildman–Crippen MR) is 96.5 cm³/mol. The largest absolute Gasteiger partial charge is 0.459 e. The minimum absolute atomic E-state index is 0.147. The van der Waals surface area contributed by atoms with Crippen LogP contribution in [-0.2, 0) is 26.2 Å². The molecule has 0 aliphatic carbocycles. The molecule has 0 atom stereocenters. The van der Waals surface area contributed by atoms with E-state index < -0.39 is 10.0 Å². The van der Waals surface area contributed by atoms with Crippen molar-refractivity contribution in [3.05, 3.63) is 41.4 Å². The Morgan fingerprint density at radius 3 is 2.60 bits per heavy atom. The summed E-state index contributed by atoms with van der Waals surface area (Å²) in [4.78, 5) is 16.7. The Hall–Kier alpha value is -1.77. The van der Waals surface area contributed by atoms with Gasteiger partial charge in [0.15, 0.2) is 0 Å². The van der Waals surface area contributed by atoms with Gasteiger partial charge in [-0.25, -0.2) is 17.7 Å². The molecule has 0 amide bonds. The van der Waals surface area contributed by atoms with Gasteiger partial charge in [0.25, 0.3) is 0 Å². The zero-order valence-corrected chi connectivity index (χ0v) is 15.6. The number of benzene rings is 1. The van der Waals surface area contributed by atoms with E-state index in [9.17, 15) is 13.2 Å². The summed E-state index contributed by atoms with van der Waals surface area (Å²) in [5.41, 5.74) is 1.77. The smallest absolute Gasteiger partial charge is 0.309 e. The van der Waals surface area contributed by atoms with Crippen molar-refractivity contribution in [3.8, 4) is 10.6 Å². The van der Waals surface area contributed by atoms with Crippen LogP contribution in [0, 0.1) is 5.92 Å². The molecule has 0 bridgehead atoms. The molecule has 134 valence electrons. The summed E-state index contributed by atoms with van der Waals surface area (Å²) < 4.78 is 29.8. The topological polar surface area (TPSA) is 76.6 Å². The number of carbonyl (C=O) groups excluding carboxylic acids is 1. The lowest BCUT2D eigenvalue weighted by Crippen LogP contribution is -2.40. The molecule has 0 saturated carbocycles. The molecule has 0 radical (unpaired) electrons. The summed E-state index contributed by atoms with van der Waals surface area (Å²) >= 11 is 1.52. The first-order chi connectivity index (χ1) is 11.9. The highest BCUT2D eigenvalue weighted by atomic mass is 32.2. The molecule has 8 heteroatoms. The Balaban J connectivity index is 1.51. The fourth-order valence-electron chi connectivity index (χ4n) is 2.77. The maximum absolute atomic E-state index is 12.2. The maximum atomic E-state index is 12.2. The van der Waals surface area contributed by atoms with Crippen LogP contribution < -0.4 is 0 Å². The monoisotopic (exact) mass is 380 g/mol. The second-order valence-corrected chi connectivity index (χ2v) is 8.89. The van der Waals surface area contributed by atoms with Gasteiger partial charge in [0.05, 0.1) is 17.9 Å². The summed E-state index contributed by atoms with van der Waals surface area (Å²) in [6, 6.07) is 9.85. The number of hydrogen-bond donors (Lipinski definition) is 0. The average Bonchev–Trinajstić information content (AvgIpc) is 3.09. The van der Waals surface area contributed by atoms with Crippen molar-refractivity contribution in [2.24, 2.45) is 5.92 Å². The van der Waals surface area contributed by atoms with Gasteiger partial charge in [0, 0.05) is 24.0 Å². The molecule has 1 aliphatic rings. The van der Waals surface area contributed by atoms with Crippen molar-refractivity contribution < 1.29 is 17.9 Å². The number of piperidine rings is 1. The molecular formula is C17H20N2O4S2. The average molecular weight is 380 g/mol. The molecule has 1 aromatic heterocycles. The first-order valence-corrected chi connectivity index (χ1v) is 10.8. The number of ether oxygens (including phenoxy) is 1. The van der Waals surface area contributed by atoms with Gasteiger partial charge < -0.3 is 4.74 Å². The molecule has 1 aromatic carbocycles. The Labute approximate surface area is 151 Å². The van der Waals surface area contributed by atoms with Gasteiger partial charge in [-0.3, -0.25) is 4.79 Å². The van der Waals surface area contributed by atoms with Crippen molar-refractivity contribution in [1.82, 2.24) is 9.29 Å². The number of carbonyl (C=O) groups is 1. The number of aromatic nitrogens is 1. The van der Waals surface area contributed by atoms with Gasteiger partial charge in [0.2, 0.25) is 10.0 Å². The zero-order chi connectivity index (χ0) is 17.9. The number of esters is 1. The molecule has 1 aliphatic heterocycles. The van der Waals surface area contributed by atoms with Crippen LogP contribution in [0.5, 0.6) is 0 Å². The fraction of sp³-hybridized carbons (Fsp3) is 0.412. The Kier molecular flexibility index (Phi) is 5.51. The second kappa shape index (κ2) is 7.63. The lowest BCUT2D eigenvalue weighted by Gasteiger charge is -2.28. The molecule has 1 fully saturated rings. The van der Waals surface area contributed by atoms with Crippen LogP contribution in [-0.4, -0.2) is 43.0 Å². The quantitative estimate of drug-likeness (QED) is 0.745. The second-order valence-electron chi connectivity index (χ2n) is 6.05. The van der Waals surface area contributed by atoms with Crippen molar-refractivity contribution in [2.45, 2.75) is 19.4 Å². The van der Waals surface area contributed by atoms with Gasteiger partial charge in [0.1, 0.15) is 11.6 Å². The van der Waals surface area contributed by atoms with Gasteiger partial charge in [-0.05, 0) is 12.8 Å². The summed E-state index contributed by atoms with van der Waals surface area (Å²) in [6.45, 7) is 0.884. The van der Waals surface area contributed by atoms with Crippen LogP contribution in [0.4, 0.5) is 0 Å². The van der Waals surface area contributed by atoms with Gasteiger partial charge in [-0.2, -0.15) is 0 Å². The van der Waals surface area contributed by atoms with Gasteiger partial charge in [-0.15, -0.1) is 11.3 Å². The SMILES string of the molecule is CS(=O)(=O)N1CCC(C(=O)OCc2csc(-c3ccccc3)n2)CC1. The molecular weight excluding hydrogens is 360 g/mol. The molecule has 0 unspecified atom stereocenters. The van der Waals surface area contributed by atoms with Crippen molar-refractivity contribution in [3.63, 3.8) is 0 Å². The summed E-state index contributed by atoms with van der Waals surface area (Å²) in [7, 11) is -3.18. The standard InChI is InChI=1S/C17H20N2O4S2/c1-25(21,22)19-9-7-14(8-10-19)17(20)23-11-15-12-24-16(18-15)13-5-3-2-4-6-13/h2-6,12,14H,7-11H2,1H3. The van der Waals surface area contributed by atoms with Crippen LogP contribution in [0.25, 0.3) is 10.6 Å². The van der Waals surface area contributed by atoms with E-state index in [4.69, 9.17) is 4.74 Å². The number of sulfonamides is 1. The normalized spacial score (nSPS) is 16.7. The summed E-state index contributed by atoms with van der Waals surface area (Å²) in [5.74, 6) is -0.521. The van der Waals surface area contributed by atoms with Crippen molar-refractivity contribution >= 4 is 27.3 Å². The third kappa shape index (κ3) is 4.65. The van der Waals surface area contributed by atoms with E-state index >= 15 is 0 Å². The molecule has 6 nitrogen and oxygen atoms in total. The van der Waals surface area contributed by atoms with E-state index in [0.29, 0.717) is 25.9 Å². The molecule has 2 aromatic rings. The molecule has 0 N–H and O–H groups in total. The van der Waals surface area contributed by atoms with Crippen LogP contribution in [0.15, 0.2) is 35.7 Å². The number of thiazole rings is 1. The number of hydrogen-bond acceptors (Lipinski definition) is 6. The van der Waals surface area contributed by atoms with E-state index in [-0.39, 0.29) is 18.5 Å². The summed E-state index contributed by atoms with van der Waals surface area (Å²) in [5, 5.41) is 2.79. The Morgan fingerprint density at radius 2 is 1.96 bits per heavy atom. The predicted octanol–water partition coefficient (Wildman–Crippen LogP) is 2.52. The lowest BCUT2D eigenvalue weighted by molar-refractivity contribution is -0.151. The van der Waals surface area contributed by atoms with E-state index in [1.807, 2.05) is 35.7 Å². The third-order valence-electron chi connectivity index (χ3n) is 4.19. The van der Waals surface area contributed by atoms with Crippen molar-refractivity contribution in [1.29, 1.82) is 0 Å². The van der Waals surface area contributed by atoms with E-state index in [2.05, 4.69) is 4.98 Å². The first kappa shape index (κ1) is 18.0. The van der Waals surface area contributed by atoms with E-state index in [0.717, 1.165) is 16.3 Å². The highest BCUT2D eigenvalue weighted by Crippen LogP contribution is 2.24. The van der Waals surface area contributed by atoms with Crippen molar-refractivity contribution in [2.75, 3.05) is 19.3 Å². The highest BCUT2D eigenvalue weighted by molar-refractivity contribution is 7.88. The summed E-state index contributed by atoms with van der Waals surface area (Å²) in [6.07, 6.45) is 2.19. The van der Waals surface area contributed by atoms with Crippen LogP contribution in [0.3, 0.4) is 0 Å². The van der Waals surface area contributed by atoms with E-state index in [1.54, 1.807) is 0 Å². The zero-order valence-electron chi connectivity index (χ0n) is 13.9. The fourth-order valence-corrected chi connectivity index (χ4v) is 4.46. The van der Waals surface area contributed by atoms with Crippen LogP contribution in [0.2, 0.25) is 0 Å². The third-order valence-corrected chi connectivity index (χ3v) is 6.43. The molecule has 3 rings (SSSR count). The minimum atomic E-state index is -3.18. The van der Waals surface area contributed by atoms with E-state index in [1.165, 1.54) is 21.9 Å². The number of nitrogens with zero attached hydrogens (tertiary/aromatic N) is 2. The van der Waals surface area contributed by atoms with Crippen LogP contribution in [0.1, 0.15) is 18.5 Å². The Bertz CT molecular complexity index is 825. The minimum Gasteiger partial charge on any atom is -0.459 e. The molecule has 25 heavy (non-hydrogen) atoms. The maximum Gasteiger partial charge on any atom is 0.309 e. The van der Waals surface area contributed by atoms with Gasteiger partial charge in [-0.1, -0.05) is 30.3 Å². The number of rotatable bonds is 5. The molecule has 2 heterocycles.